The third kappa shape index (κ3) is 4.48. The Bertz CT molecular complexity index is 630. The molecule has 0 aliphatic heterocycles. The van der Waals surface area contributed by atoms with Crippen LogP contribution in [0.1, 0.15) is 5.56 Å². The van der Waals surface area contributed by atoms with E-state index in [-0.39, 0.29) is 11.8 Å². The maximum Gasteiger partial charge on any atom is 0.321 e. The topological polar surface area (TPSA) is 41.6 Å². The lowest BCUT2D eigenvalue weighted by Gasteiger charge is -2.13. The molecule has 0 spiro atoms. The first-order valence-corrected chi connectivity index (χ1v) is 7.01. The van der Waals surface area contributed by atoms with E-state index in [4.69, 9.17) is 4.74 Å². The first-order valence-electron chi connectivity index (χ1n) is 7.01. The van der Waals surface area contributed by atoms with Crippen molar-refractivity contribution in [2.75, 3.05) is 26.0 Å². The van der Waals surface area contributed by atoms with E-state index in [2.05, 4.69) is 5.32 Å². The number of anilines is 1. The Kier molecular flexibility index (Phi) is 5.36. The predicted molar refractivity (Wildman–Crippen MR) is 84.7 cm³/mol. The molecule has 4 nitrogen and oxygen atoms in total. The van der Waals surface area contributed by atoms with Crippen LogP contribution in [0.5, 0.6) is 5.75 Å². The fourth-order valence-corrected chi connectivity index (χ4v) is 1.85. The van der Waals surface area contributed by atoms with Gasteiger partial charge in [-0.1, -0.05) is 30.3 Å². The molecule has 0 unspecified atom stereocenters. The minimum Gasteiger partial charge on any atom is -0.490 e. The summed E-state index contributed by atoms with van der Waals surface area (Å²) >= 11 is 0. The minimum absolute atomic E-state index is 0.179. The fourth-order valence-electron chi connectivity index (χ4n) is 1.85. The molecule has 2 aromatic carbocycles. The van der Waals surface area contributed by atoms with Gasteiger partial charge in [0, 0.05) is 32.3 Å². The van der Waals surface area contributed by atoms with Crippen molar-refractivity contribution in [3.63, 3.8) is 0 Å². The van der Waals surface area contributed by atoms with Crippen molar-refractivity contribution in [2.24, 2.45) is 0 Å². The summed E-state index contributed by atoms with van der Waals surface area (Å²) in [7, 11) is 3.24. The zero-order valence-electron chi connectivity index (χ0n) is 12.7. The maximum absolute atomic E-state index is 13.9. The summed E-state index contributed by atoms with van der Waals surface area (Å²) in [5.41, 5.74) is 1.53. The standard InChI is InChI=1S/C17H19FN2O2/c1-20(2)17(21)19-14-8-9-16(15(18)12-14)22-11-10-13-6-4-3-5-7-13/h3-9,12H,10-11H2,1-2H3,(H,19,21). The van der Waals surface area contributed by atoms with E-state index >= 15 is 0 Å². The van der Waals surface area contributed by atoms with Gasteiger partial charge in [-0.05, 0) is 17.7 Å². The van der Waals surface area contributed by atoms with E-state index in [1.807, 2.05) is 30.3 Å². The zero-order valence-corrected chi connectivity index (χ0v) is 12.7. The van der Waals surface area contributed by atoms with Crippen molar-refractivity contribution in [1.82, 2.24) is 4.90 Å². The van der Waals surface area contributed by atoms with Crippen LogP contribution < -0.4 is 10.1 Å². The van der Waals surface area contributed by atoms with Gasteiger partial charge in [0.05, 0.1) is 6.61 Å². The lowest BCUT2D eigenvalue weighted by atomic mass is 10.2. The second-order valence-corrected chi connectivity index (χ2v) is 5.05. The van der Waals surface area contributed by atoms with Crippen molar-refractivity contribution in [1.29, 1.82) is 0 Å². The number of hydrogen-bond donors (Lipinski definition) is 1. The minimum atomic E-state index is -0.496. The molecule has 0 bridgehead atoms. The number of hydrogen-bond acceptors (Lipinski definition) is 2. The smallest absolute Gasteiger partial charge is 0.321 e. The number of urea groups is 1. The highest BCUT2D eigenvalue weighted by Crippen LogP contribution is 2.21. The number of carbonyl (C=O) groups excluding carboxylic acids is 1. The van der Waals surface area contributed by atoms with Crippen molar-refractivity contribution in [2.45, 2.75) is 6.42 Å². The number of halogens is 1. The van der Waals surface area contributed by atoms with E-state index in [9.17, 15) is 9.18 Å². The van der Waals surface area contributed by atoms with E-state index in [1.54, 1.807) is 20.2 Å². The van der Waals surface area contributed by atoms with Gasteiger partial charge in [-0.2, -0.15) is 0 Å². The van der Waals surface area contributed by atoms with Gasteiger partial charge in [0.1, 0.15) is 0 Å². The van der Waals surface area contributed by atoms with Gasteiger partial charge in [0.25, 0.3) is 0 Å². The SMILES string of the molecule is CN(C)C(=O)Nc1ccc(OCCc2ccccc2)c(F)c1. The van der Waals surface area contributed by atoms with Crippen LogP contribution in [-0.4, -0.2) is 31.6 Å². The Labute approximate surface area is 129 Å². The van der Waals surface area contributed by atoms with E-state index < -0.39 is 5.82 Å². The fraction of sp³-hybridized carbons (Fsp3) is 0.235. The van der Waals surface area contributed by atoms with Crippen molar-refractivity contribution < 1.29 is 13.9 Å². The Balaban J connectivity index is 1.91. The molecule has 22 heavy (non-hydrogen) atoms. The number of nitrogens with one attached hydrogen (secondary N) is 1. The molecule has 0 heterocycles. The molecule has 0 atom stereocenters. The molecule has 2 rings (SSSR count). The molecular formula is C17H19FN2O2. The Morgan fingerprint density at radius 3 is 2.55 bits per heavy atom. The molecule has 0 aliphatic carbocycles. The molecule has 1 N–H and O–H groups in total. The third-order valence-corrected chi connectivity index (χ3v) is 3.08. The zero-order chi connectivity index (χ0) is 15.9. The molecule has 0 saturated heterocycles. The Morgan fingerprint density at radius 2 is 1.91 bits per heavy atom. The molecule has 0 aromatic heterocycles. The molecular weight excluding hydrogens is 283 g/mol. The van der Waals surface area contributed by atoms with Crippen LogP contribution >= 0.6 is 0 Å². The van der Waals surface area contributed by atoms with Gasteiger partial charge in [0.2, 0.25) is 0 Å². The van der Waals surface area contributed by atoms with Crippen LogP contribution in [0.2, 0.25) is 0 Å². The number of carbonyl (C=O) groups is 1. The molecule has 0 saturated carbocycles. The average molecular weight is 302 g/mol. The monoisotopic (exact) mass is 302 g/mol. The average Bonchev–Trinajstić information content (AvgIpc) is 2.50. The van der Waals surface area contributed by atoms with Crippen molar-refractivity contribution in [3.8, 4) is 5.75 Å². The lowest BCUT2D eigenvalue weighted by molar-refractivity contribution is 0.230. The number of amides is 2. The first-order chi connectivity index (χ1) is 10.6. The van der Waals surface area contributed by atoms with Gasteiger partial charge in [-0.25, -0.2) is 9.18 Å². The van der Waals surface area contributed by atoms with Crippen LogP contribution in [0, 0.1) is 5.82 Å². The Hall–Kier alpha value is -2.56. The highest BCUT2D eigenvalue weighted by atomic mass is 19.1. The number of benzene rings is 2. The predicted octanol–water partition coefficient (Wildman–Crippen LogP) is 3.54. The van der Waals surface area contributed by atoms with Crippen LogP contribution in [0.3, 0.4) is 0 Å². The highest BCUT2D eigenvalue weighted by molar-refractivity contribution is 5.88. The van der Waals surface area contributed by atoms with Crippen LogP contribution in [-0.2, 0) is 6.42 Å². The van der Waals surface area contributed by atoms with Crippen molar-refractivity contribution >= 4 is 11.7 Å². The quantitative estimate of drug-likeness (QED) is 0.918. The normalized spacial score (nSPS) is 10.1. The summed E-state index contributed by atoms with van der Waals surface area (Å²) in [6, 6.07) is 13.9. The number of nitrogens with zero attached hydrogens (tertiary/aromatic N) is 1. The van der Waals surface area contributed by atoms with Gasteiger partial charge >= 0.3 is 6.03 Å². The molecule has 2 amide bonds. The number of rotatable bonds is 5. The molecule has 0 radical (unpaired) electrons. The second-order valence-electron chi connectivity index (χ2n) is 5.05. The highest BCUT2D eigenvalue weighted by Gasteiger charge is 2.08. The van der Waals surface area contributed by atoms with Crippen LogP contribution in [0.4, 0.5) is 14.9 Å². The molecule has 5 heteroatoms. The third-order valence-electron chi connectivity index (χ3n) is 3.08. The Morgan fingerprint density at radius 1 is 1.18 bits per heavy atom. The lowest BCUT2D eigenvalue weighted by Crippen LogP contribution is -2.27. The van der Waals surface area contributed by atoms with E-state index in [0.29, 0.717) is 18.7 Å². The van der Waals surface area contributed by atoms with Gasteiger partial charge in [-0.3, -0.25) is 0 Å². The summed E-state index contributed by atoms with van der Waals surface area (Å²) in [6.45, 7) is 0.393. The van der Waals surface area contributed by atoms with Crippen molar-refractivity contribution in [3.05, 3.63) is 59.9 Å². The second kappa shape index (κ2) is 7.45. The summed E-state index contributed by atoms with van der Waals surface area (Å²) in [4.78, 5) is 12.9. The number of ether oxygens (including phenoxy) is 1. The van der Waals surface area contributed by atoms with E-state index in [0.717, 1.165) is 5.56 Å². The van der Waals surface area contributed by atoms with Gasteiger partial charge in [-0.15, -0.1) is 0 Å². The molecule has 0 aliphatic rings. The van der Waals surface area contributed by atoms with Crippen LogP contribution in [0.15, 0.2) is 48.5 Å². The summed E-state index contributed by atoms with van der Waals surface area (Å²) in [5, 5.41) is 2.58. The van der Waals surface area contributed by atoms with Gasteiger partial charge in [0.15, 0.2) is 11.6 Å². The summed E-state index contributed by atoms with van der Waals surface area (Å²) in [6.07, 6.45) is 0.708. The van der Waals surface area contributed by atoms with Gasteiger partial charge < -0.3 is 15.0 Å². The van der Waals surface area contributed by atoms with E-state index in [1.165, 1.54) is 17.0 Å². The molecule has 2 aromatic rings. The molecule has 116 valence electrons. The largest absolute Gasteiger partial charge is 0.490 e. The summed E-state index contributed by atoms with van der Waals surface area (Å²) < 4.78 is 19.4. The van der Waals surface area contributed by atoms with Crippen LogP contribution in [0.25, 0.3) is 0 Å². The first kappa shape index (κ1) is 15.8. The summed E-state index contributed by atoms with van der Waals surface area (Å²) in [5.74, 6) is -0.316. The molecule has 0 fully saturated rings. The maximum atomic E-state index is 13.9.